The number of hydrogen-bond acceptors (Lipinski definition) is 2. The number of carbonyl (C=O) groups excluding carboxylic acids is 1. The van der Waals surface area contributed by atoms with Crippen LogP contribution in [-0.4, -0.2) is 17.6 Å². The minimum absolute atomic E-state index is 0.142. The van der Waals surface area contributed by atoms with E-state index >= 15 is 0 Å². The minimum Gasteiger partial charge on any atom is -0.497 e. The largest absolute Gasteiger partial charge is 0.497 e. The topological polar surface area (TPSA) is 43.3 Å². The lowest BCUT2D eigenvalue weighted by molar-refractivity contribution is 0.102. The molecule has 1 aromatic heterocycles. The van der Waals surface area contributed by atoms with Gasteiger partial charge in [0.15, 0.2) is 0 Å². The molecular formula is C18H16N2O2. The molecule has 0 saturated carbocycles. The molecule has 1 N–H and O–H groups in total. The Morgan fingerprint density at radius 2 is 1.59 bits per heavy atom. The van der Waals surface area contributed by atoms with Crippen LogP contribution in [0, 0.1) is 0 Å². The van der Waals surface area contributed by atoms with E-state index in [1.165, 1.54) is 0 Å². The molecule has 4 heteroatoms. The van der Waals surface area contributed by atoms with Crippen LogP contribution in [0.3, 0.4) is 0 Å². The first-order chi connectivity index (χ1) is 10.8. The van der Waals surface area contributed by atoms with Gasteiger partial charge in [-0.3, -0.25) is 4.79 Å². The van der Waals surface area contributed by atoms with E-state index in [0.717, 1.165) is 17.1 Å². The first-order valence-corrected chi connectivity index (χ1v) is 6.95. The van der Waals surface area contributed by atoms with Crippen molar-refractivity contribution >= 4 is 11.6 Å². The number of hydrogen-bond donors (Lipinski definition) is 1. The number of amides is 1. The fourth-order valence-corrected chi connectivity index (χ4v) is 2.17. The van der Waals surface area contributed by atoms with Crippen molar-refractivity contribution in [3.8, 4) is 11.4 Å². The lowest BCUT2D eigenvalue weighted by Gasteiger charge is -2.08. The van der Waals surface area contributed by atoms with Crippen molar-refractivity contribution in [1.29, 1.82) is 0 Å². The molecule has 3 aromatic rings. The summed E-state index contributed by atoms with van der Waals surface area (Å²) in [5.41, 5.74) is 2.40. The maximum Gasteiger partial charge on any atom is 0.255 e. The smallest absolute Gasteiger partial charge is 0.255 e. The van der Waals surface area contributed by atoms with Crippen molar-refractivity contribution in [2.75, 3.05) is 12.4 Å². The van der Waals surface area contributed by atoms with Crippen LogP contribution in [0.15, 0.2) is 73.1 Å². The molecule has 0 saturated heterocycles. The van der Waals surface area contributed by atoms with Crippen LogP contribution in [0.2, 0.25) is 0 Å². The average Bonchev–Trinajstić information content (AvgIpc) is 3.10. The van der Waals surface area contributed by atoms with Gasteiger partial charge in [0.25, 0.3) is 5.91 Å². The second kappa shape index (κ2) is 6.18. The minimum atomic E-state index is -0.142. The molecule has 0 fully saturated rings. The first-order valence-electron chi connectivity index (χ1n) is 6.95. The van der Waals surface area contributed by atoms with Gasteiger partial charge in [0.2, 0.25) is 0 Å². The Morgan fingerprint density at radius 3 is 2.18 bits per heavy atom. The molecular weight excluding hydrogens is 276 g/mol. The Hall–Kier alpha value is -3.01. The van der Waals surface area contributed by atoms with Crippen LogP contribution in [0.4, 0.5) is 5.69 Å². The van der Waals surface area contributed by atoms with Crippen LogP contribution in [0.25, 0.3) is 5.69 Å². The van der Waals surface area contributed by atoms with Gasteiger partial charge in [-0.1, -0.05) is 0 Å². The third-order valence-corrected chi connectivity index (χ3v) is 3.38. The van der Waals surface area contributed by atoms with E-state index in [-0.39, 0.29) is 5.91 Å². The van der Waals surface area contributed by atoms with Gasteiger partial charge < -0.3 is 14.6 Å². The normalized spacial score (nSPS) is 10.2. The zero-order chi connectivity index (χ0) is 15.4. The second-order valence-corrected chi connectivity index (χ2v) is 4.82. The summed E-state index contributed by atoms with van der Waals surface area (Å²) in [7, 11) is 1.60. The van der Waals surface area contributed by atoms with E-state index in [4.69, 9.17) is 4.74 Å². The summed E-state index contributed by atoms with van der Waals surface area (Å²) >= 11 is 0. The SMILES string of the molecule is COc1ccc(C(=O)Nc2ccc(-n3cccc3)cc2)cc1. The molecule has 0 unspecified atom stereocenters. The lowest BCUT2D eigenvalue weighted by atomic mass is 10.2. The molecule has 0 bridgehead atoms. The van der Waals surface area contributed by atoms with Gasteiger partial charge in [0.05, 0.1) is 7.11 Å². The summed E-state index contributed by atoms with van der Waals surface area (Å²) in [4.78, 5) is 12.2. The van der Waals surface area contributed by atoms with Gasteiger partial charge in [-0.2, -0.15) is 0 Å². The van der Waals surface area contributed by atoms with Crippen LogP contribution in [0.5, 0.6) is 5.75 Å². The Morgan fingerprint density at radius 1 is 0.955 bits per heavy atom. The Kier molecular flexibility index (Phi) is 3.92. The van der Waals surface area contributed by atoms with Crippen molar-refractivity contribution in [2.24, 2.45) is 0 Å². The zero-order valence-electron chi connectivity index (χ0n) is 12.2. The van der Waals surface area contributed by atoms with Crippen molar-refractivity contribution < 1.29 is 9.53 Å². The molecule has 1 heterocycles. The van der Waals surface area contributed by atoms with Crippen LogP contribution in [0.1, 0.15) is 10.4 Å². The number of ether oxygens (including phenoxy) is 1. The van der Waals surface area contributed by atoms with Crippen molar-refractivity contribution in [3.05, 3.63) is 78.6 Å². The monoisotopic (exact) mass is 292 g/mol. The van der Waals surface area contributed by atoms with Crippen LogP contribution in [-0.2, 0) is 0 Å². The van der Waals surface area contributed by atoms with Crippen molar-refractivity contribution in [2.45, 2.75) is 0 Å². The van der Waals surface area contributed by atoms with Crippen LogP contribution >= 0.6 is 0 Å². The van der Waals surface area contributed by atoms with Gasteiger partial charge in [-0.05, 0) is 60.7 Å². The number of methoxy groups -OCH3 is 1. The fourth-order valence-electron chi connectivity index (χ4n) is 2.17. The molecule has 1 amide bonds. The third kappa shape index (κ3) is 3.01. The highest BCUT2D eigenvalue weighted by molar-refractivity contribution is 6.04. The third-order valence-electron chi connectivity index (χ3n) is 3.38. The van der Waals surface area contributed by atoms with E-state index in [0.29, 0.717) is 5.56 Å². The fraction of sp³-hybridized carbons (Fsp3) is 0.0556. The summed E-state index contributed by atoms with van der Waals surface area (Å²) in [6, 6.07) is 18.7. The summed E-state index contributed by atoms with van der Waals surface area (Å²) in [5.74, 6) is 0.587. The Labute approximate surface area is 129 Å². The zero-order valence-corrected chi connectivity index (χ0v) is 12.2. The van der Waals surface area contributed by atoms with Gasteiger partial charge in [0, 0.05) is 29.3 Å². The number of benzene rings is 2. The summed E-state index contributed by atoms with van der Waals surface area (Å²) in [6.45, 7) is 0. The molecule has 0 aliphatic heterocycles. The standard InChI is InChI=1S/C18H16N2O2/c1-22-17-10-4-14(5-11-17)18(21)19-15-6-8-16(9-7-15)20-12-2-3-13-20/h2-13H,1H3,(H,19,21). The van der Waals surface area contributed by atoms with E-state index < -0.39 is 0 Å². The Balaban J connectivity index is 1.71. The number of carbonyl (C=O) groups is 1. The number of nitrogens with one attached hydrogen (secondary N) is 1. The molecule has 2 aromatic carbocycles. The average molecular weight is 292 g/mol. The Bertz CT molecular complexity index is 745. The predicted octanol–water partition coefficient (Wildman–Crippen LogP) is 3.74. The number of nitrogens with zero attached hydrogens (tertiary/aromatic N) is 1. The van der Waals surface area contributed by atoms with E-state index in [1.807, 2.05) is 53.4 Å². The van der Waals surface area contributed by atoms with Gasteiger partial charge in [-0.25, -0.2) is 0 Å². The van der Waals surface area contributed by atoms with E-state index in [9.17, 15) is 4.79 Å². The number of rotatable bonds is 4. The second-order valence-electron chi connectivity index (χ2n) is 4.82. The summed E-state index contributed by atoms with van der Waals surface area (Å²) in [5, 5.41) is 2.88. The van der Waals surface area contributed by atoms with Gasteiger partial charge in [0.1, 0.15) is 5.75 Å². The molecule has 0 spiro atoms. The summed E-state index contributed by atoms with van der Waals surface area (Å²) < 4.78 is 7.09. The maximum atomic E-state index is 12.2. The highest BCUT2D eigenvalue weighted by Crippen LogP contribution is 2.16. The lowest BCUT2D eigenvalue weighted by Crippen LogP contribution is -2.11. The highest BCUT2D eigenvalue weighted by atomic mass is 16.5. The van der Waals surface area contributed by atoms with E-state index in [2.05, 4.69) is 5.32 Å². The first kappa shape index (κ1) is 13.9. The number of anilines is 1. The van der Waals surface area contributed by atoms with Crippen molar-refractivity contribution in [1.82, 2.24) is 4.57 Å². The summed E-state index contributed by atoms with van der Waals surface area (Å²) in [6.07, 6.45) is 3.95. The molecule has 4 nitrogen and oxygen atoms in total. The van der Waals surface area contributed by atoms with Gasteiger partial charge >= 0.3 is 0 Å². The van der Waals surface area contributed by atoms with Crippen molar-refractivity contribution in [3.63, 3.8) is 0 Å². The maximum absolute atomic E-state index is 12.2. The molecule has 22 heavy (non-hydrogen) atoms. The molecule has 0 aliphatic carbocycles. The van der Waals surface area contributed by atoms with Crippen LogP contribution < -0.4 is 10.1 Å². The molecule has 110 valence electrons. The quantitative estimate of drug-likeness (QED) is 0.796. The number of aromatic nitrogens is 1. The van der Waals surface area contributed by atoms with Gasteiger partial charge in [-0.15, -0.1) is 0 Å². The molecule has 0 atom stereocenters. The molecule has 3 rings (SSSR count). The highest BCUT2D eigenvalue weighted by Gasteiger charge is 2.06. The molecule has 0 radical (unpaired) electrons. The predicted molar refractivity (Wildman–Crippen MR) is 86.7 cm³/mol. The molecule has 0 aliphatic rings. The van der Waals surface area contributed by atoms with E-state index in [1.54, 1.807) is 31.4 Å².